The van der Waals surface area contributed by atoms with E-state index in [2.05, 4.69) is 10.5 Å². The standard InChI is InChI=1S/C13H22N2O3/c1-12(2,3)11(16)14-10-7-9(18-15-10)13(4,5)8-17-6/h7H,8H2,1-6H3,(H,14,15,16). The van der Waals surface area contributed by atoms with Crippen molar-refractivity contribution >= 4 is 11.7 Å². The molecule has 0 saturated heterocycles. The Bertz CT molecular complexity index is 416. The van der Waals surface area contributed by atoms with Gasteiger partial charge in [-0.1, -0.05) is 39.8 Å². The van der Waals surface area contributed by atoms with Gasteiger partial charge in [0, 0.05) is 24.0 Å². The molecule has 0 aliphatic carbocycles. The average molecular weight is 254 g/mol. The fraction of sp³-hybridized carbons (Fsp3) is 0.692. The summed E-state index contributed by atoms with van der Waals surface area (Å²) in [5.41, 5.74) is -0.729. The molecule has 18 heavy (non-hydrogen) atoms. The van der Waals surface area contributed by atoms with Crippen LogP contribution < -0.4 is 5.32 Å². The molecule has 1 heterocycles. The third-order valence-corrected chi connectivity index (χ3v) is 2.61. The number of nitrogens with zero attached hydrogens (tertiary/aromatic N) is 1. The summed E-state index contributed by atoms with van der Waals surface area (Å²) in [6, 6.07) is 1.74. The minimum absolute atomic E-state index is 0.0908. The van der Waals surface area contributed by atoms with Crippen LogP contribution in [0.15, 0.2) is 10.6 Å². The first-order valence-electron chi connectivity index (χ1n) is 5.94. The van der Waals surface area contributed by atoms with Crippen LogP contribution >= 0.6 is 0 Å². The van der Waals surface area contributed by atoms with Gasteiger partial charge in [0.25, 0.3) is 0 Å². The van der Waals surface area contributed by atoms with Crippen molar-refractivity contribution in [1.29, 1.82) is 0 Å². The highest BCUT2D eigenvalue weighted by Crippen LogP contribution is 2.26. The normalized spacial score (nSPS) is 12.6. The summed E-state index contributed by atoms with van der Waals surface area (Å²) in [4.78, 5) is 11.8. The zero-order chi connectivity index (χ0) is 14.0. The number of amides is 1. The van der Waals surface area contributed by atoms with Gasteiger partial charge in [0.05, 0.1) is 6.61 Å². The smallest absolute Gasteiger partial charge is 0.230 e. The van der Waals surface area contributed by atoms with Crippen molar-refractivity contribution in [2.24, 2.45) is 5.41 Å². The van der Waals surface area contributed by atoms with Crippen LogP contribution in [0.2, 0.25) is 0 Å². The summed E-state index contributed by atoms with van der Waals surface area (Å²) in [5, 5.41) is 6.59. The largest absolute Gasteiger partial charge is 0.384 e. The fourth-order valence-corrected chi connectivity index (χ4v) is 1.39. The number of aromatic nitrogens is 1. The zero-order valence-corrected chi connectivity index (χ0v) is 12.0. The Morgan fingerprint density at radius 3 is 2.50 bits per heavy atom. The van der Waals surface area contributed by atoms with Crippen LogP contribution in [0.4, 0.5) is 5.82 Å². The summed E-state index contributed by atoms with van der Waals surface area (Å²) in [5.74, 6) is 1.04. The monoisotopic (exact) mass is 254 g/mol. The SMILES string of the molecule is COCC(C)(C)c1cc(NC(=O)C(C)(C)C)no1. The fourth-order valence-electron chi connectivity index (χ4n) is 1.39. The maximum absolute atomic E-state index is 11.8. The number of anilines is 1. The van der Waals surface area contributed by atoms with Gasteiger partial charge in [-0.25, -0.2) is 0 Å². The van der Waals surface area contributed by atoms with Gasteiger partial charge in [0.1, 0.15) is 5.76 Å². The summed E-state index contributed by atoms with van der Waals surface area (Å²) in [6.07, 6.45) is 0. The van der Waals surface area contributed by atoms with Crippen molar-refractivity contribution < 1.29 is 14.1 Å². The number of hydrogen-bond donors (Lipinski definition) is 1. The Morgan fingerprint density at radius 2 is 2.00 bits per heavy atom. The Kier molecular flexibility index (Phi) is 4.16. The van der Waals surface area contributed by atoms with Gasteiger partial charge in [-0.05, 0) is 0 Å². The summed E-state index contributed by atoms with van der Waals surface area (Å²) >= 11 is 0. The molecular weight excluding hydrogens is 232 g/mol. The number of rotatable bonds is 4. The molecule has 1 N–H and O–H groups in total. The minimum Gasteiger partial charge on any atom is -0.384 e. The van der Waals surface area contributed by atoms with E-state index in [-0.39, 0.29) is 11.3 Å². The van der Waals surface area contributed by atoms with E-state index in [9.17, 15) is 4.79 Å². The molecule has 5 nitrogen and oxygen atoms in total. The summed E-state index contributed by atoms with van der Waals surface area (Å²) in [6.45, 7) is 10.0. The molecule has 1 aromatic rings. The second kappa shape index (κ2) is 5.10. The third kappa shape index (κ3) is 3.57. The van der Waals surface area contributed by atoms with Crippen LogP contribution in [0.3, 0.4) is 0 Å². The van der Waals surface area contributed by atoms with Gasteiger partial charge in [-0.15, -0.1) is 0 Å². The summed E-state index contributed by atoms with van der Waals surface area (Å²) < 4.78 is 10.4. The van der Waals surface area contributed by atoms with E-state index in [0.29, 0.717) is 18.2 Å². The molecule has 5 heteroatoms. The number of methoxy groups -OCH3 is 1. The van der Waals surface area contributed by atoms with Crippen LogP contribution in [-0.4, -0.2) is 24.8 Å². The molecule has 0 aliphatic rings. The van der Waals surface area contributed by atoms with Gasteiger partial charge < -0.3 is 14.6 Å². The quantitative estimate of drug-likeness (QED) is 0.897. The van der Waals surface area contributed by atoms with Crippen LogP contribution in [0.1, 0.15) is 40.4 Å². The first-order chi connectivity index (χ1) is 8.16. The number of carbonyl (C=O) groups is 1. The Balaban J connectivity index is 2.79. The molecule has 0 saturated carbocycles. The van der Waals surface area contributed by atoms with Crippen LogP contribution in [0, 0.1) is 5.41 Å². The Morgan fingerprint density at radius 1 is 1.39 bits per heavy atom. The minimum atomic E-state index is -0.457. The lowest BCUT2D eigenvalue weighted by Gasteiger charge is -2.19. The van der Waals surface area contributed by atoms with Crippen LogP contribution in [-0.2, 0) is 14.9 Å². The van der Waals surface area contributed by atoms with Gasteiger partial charge in [-0.2, -0.15) is 0 Å². The van der Waals surface area contributed by atoms with E-state index in [1.165, 1.54) is 0 Å². The summed E-state index contributed by atoms with van der Waals surface area (Å²) in [7, 11) is 1.64. The molecule has 102 valence electrons. The number of carbonyl (C=O) groups excluding carboxylic acids is 1. The maximum atomic E-state index is 11.8. The van der Waals surface area contributed by atoms with E-state index in [4.69, 9.17) is 9.26 Å². The number of hydrogen-bond acceptors (Lipinski definition) is 4. The van der Waals surface area contributed by atoms with Crippen molar-refractivity contribution in [3.05, 3.63) is 11.8 Å². The first-order valence-corrected chi connectivity index (χ1v) is 5.94. The highest BCUT2D eigenvalue weighted by molar-refractivity contribution is 5.93. The second-order valence-electron chi connectivity index (χ2n) is 6.10. The molecule has 0 unspecified atom stereocenters. The van der Waals surface area contributed by atoms with Crippen molar-refractivity contribution in [3.8, 4) is 0 Å². The van der Waals surface area contributed by atoms with Gasteiger partial charge in [-0.3, -0.25) is 4.79 Å². The highest BCUT2D eigenvalue weighted by atomic mass is 16.5. The molecule has 1 rings (SSSR count). The molecule has 0 fully saturated rings. The van der Waals surface area contributed by atoms with Gasteiger partial charge in [0.15, 0.2) is 5.82 Å². The third-order valence-electron chi connectivity index (χ3n) is 2.61. The lowest BCUT2D eigenvalue weighted by Crippen LogP contribution is -2.27. The molecule has 0 aliphatic heterocycles. The Hall–Kier alpha value is -1.36. The van der Waals surface area contributed by atoms with Gasteiger partial charge in [0.2, 0.25) is 5.91 Å². The van der Waals surface area contributed by atoms with E-state index < -0.39 is 5.41 Å². The highest BCUT2D eigenvalue weighted by Gasteiger charge is 2.27. The molecule has 0 spiro atoms. The maximum Gasteiger partial charge on any atom is 0.230 e. The van der Waals surface area contributed by atoms with Crippen molar-refractivity contribution in [1.82, 2.24) is 5.16 Å². The predicted octanol–water partition coefficient (Wildman–Crippen LogP) is 2.58. The van der Waals surface area contributed by atoms with E-state index in [1.54, 1.807) is 13.2 Å². The Labute approximate surface area is 108 Å². The molecule has 1 aromatic heterocycles. The van der Waals surface area contributed by atoms with E-state index >= 15 is 0 Å². The van der Waals surface area contributed by atoms with Crippen molar-refractivity contribution in [2.45, 2.75) is 40.0 Å². The molecule has 1 amide bonds. The molecule has 0 bridgehead atoms. The lowest BCUT2D eigenvalue weighted by molar-refractivity contribution is -0.123. The molecule has 0 atom stereocenters. The van der Waals surface area contributed by atoms with Gasteiger partial charge >= 0.3 is 0 Å². The first kappa shape index (κ1) is 14.7. The van der Waals surface area contributed by atoms with E-state index in [0.717, 1.165) is 0 Å². The molecular formula is C13H22N2O3. The number of nitrogens with one attached hydrogen (secondary N) is 1. The van der Waals surface area contributed by atoms with Crippen molar-refractivity contribution in [3.63, 3.8) is 0 Å². The number of ether oxygens (including phenoxy) is 1. The topological polar surface area (TPSA) is 64.4 Å². The molecule has 0 radical (unpaired) electrons. The van der Waals surface area contributed by atoms with E-state index in [1.807, 2.05) is 34.6 Å². The second-order valence-corrected chi connectivity index (χ2v) is 6.10. The lowest BCUT2D eigenvalue weighted by atomic mass is 9.91. The van der Waals surface area contributed by atoms with Crippen LogP contribution in [0.25, 0.3) is 0 Å². The van der Waals surface area contributed by atoms with Crippen molar-refractivity contribution in [2.75, 3.05) is 19.0 Å². The average Bonchev–Trinajstić information content (AvgIpc) is 2.65. The zero-order valence-electron chi connectivity index (χ0n) is 12.0. The molecule has 0 aromatic carbocycles. The predicted molar refractivity (Wildman–Crippen MR) is 69.5 cm³/mol. The van der Waals surface area contributed by atoms with Crippen LogP contribution in [0.5, 0.6) is 0 Å².